The molecule has 0 saturated carbocycles. The molecule has 0 aliphatic rings. The van der Waals surface area contributed by atoms with Gasteiger partial charge in [0.15, 0.2) is 0 Å². The first-order chi connectivity index (χ1) is 7.65. The molecule has 2 rings (SSSR count). The van der Waals surface area contributed by atoms with E-state index in [4.69, 9.17) is 11.6 Å². The number of rotatable bonds is 2. The highest BCUT2D eigenvalue weighted by Crippen LogP contribution is 2.29. The van der Waals surface area contributed by atoms with Gasteiger partial charge in [-0.05, 0) is 35.9 Å². The van der Waals surface area contributed by atoms with Crippen molar-refractivity contribution < 1.29 is 8.78 Å². The first kappa shape index (κ1) is 11.3. The van der Waals surface area contributed by atoms with E-state index in [1.54, 1.807) is 6.07 Å². The maximum absolute atomic E-state index is 13.3. The standard InChI is InChI=1S/C10H5ClF2N2S/c11-10-14-4-3-9(15-10)16-8-5-6(12)1-2-7(8)13/h1-5H. The summed E-state index contributed by atoms with van der Waals surface area (Å²) < 4.78 is 26.2. The quantitative estimate of drug-likeness (QED) is 0.608. The molecule has 0 fully saturated rings. The summed E-state index contributed by atoms with van der Waals surface area (Å²) in [6, 6.07) is 4.81. The molecule has 0 saturated heterocycles. The second-order valence-corrected chi connectivity index (χ2v) is 4.24. The second kappa shape index (κ2) is 4.76. The third-order valence-electron chi connectivity index (χ3n) is 1.71. The van der Waals surface area contributed by atoms with Gasteiger partial charge in [0, 0.05) is 6.20 Å². The predicted molar refractivity (Wildman–Crippen MR) is 57.5 cm³/mol. The molecule has 0 amide bonds. The highest BCUT2D eigenvalue weighted by molar-refractivity contribution is 7.99. The number of hydrogen-bond donors (Lipinski definition) is 0. The van der Waals surface area contributed by atoms with Gasteiger partial charge < -0.3 is 0 Å². The van der Waals surface area contributed by atoms with Crippen molar-refractivity contribution in [3.63, 3.8) is 0 Å². The molecule has 1 heterocycles. The van der Waals surface area contributed by atoms with Crippen molar-refractivity contribution in [1.82, 2.24) is 9.97 Å². The first-order valence-electron chi connectivity index (χ1n) is 4.26. The van der Waals surface area contributed by atoms with Gasteiger partial charge in [-0.2, -0.15) is 0 Å². The Labute approximate surface area is 99.7 Å². The topological polar surface area (TPSA) is 25.8 Å². The summed E-state index contributed by atoms with van der Waals surface area (Å²) in [7, 11) is 0. The second-order valence-electron chi connectivity index (χ2n) is 2.84. The van der Waals surface area contributed by atoms with Gasteiger partial charge in [-0.15, -0.1) is 0 Å². The fourth-order valence-electron chi connectivity index (χ4n) is 1.04. The van der Waals surface area contributed by atoms with E-state index in [0.29, 0.717) is 5.03 Å². The average molecular weight is 259 g/mol. The summed E-state index contributed by atoms with van der Waals surface area (Å²) in [5.74, 6) is -0.995. The smallest absolute Gasteiger partial charge is 0.223 e. The molecule has 0 spiro atoms. The van der Waals surface area contributed by atoms with Crippen molar-refractivity contribution in [2.24, 2.45) is 0 Å². The number of aromatic nitrogens is 2. The van der Waals surface area contributed by atoms with Gasteiger partial charge in [-0.3, -0.25) is 0 Å². The van der Waals surface area contributed by atoms with Crippen LogP contribution in [0.15, 0.2) is 40.4 Å². The van der Waals surface area contributed by atoms with E-state index in [-0.39, 0.29) is 10.2 Å². The lowest BCUT2D eigenvalue weighted by Crippen LogP contribution is -1.87. The lowest BCUT2D eigenvalue weighted by Gasteiger charge is -2.02. The van der Waals surface area contributed by atoms with E-state index in [1.165, 1.54) is 6.20 Å². The molecule has 2 nitrogen and oxygen atoms in total. The van der Waals surface area contributed by atoms with Crippen molar-refractivity contribution >= 4 is 23.4 Å². The van der Waals surface area contributed by atoms with Crippen LogP contribution in [0.1, 0.15) is 0 Å². The largest absolute Gasteiger partial charge is 0.226 e. The molecule has 1 aromatic carbocycles. The number of hydrogen-bond acceptors (Lipinski definition) is 3. The van der Waals surface area contributed by atoms with Crippen LogP contribution in [0.2, 0.25) is 5.28 Å². The molecule has 0 bridgehead atoms. The van der Waals surface area contributed by atoms with Crippen molar-refractivity contribution in [2.45, 2.75) is 9.92 Å². The van der Waals surface area contributed by atoms with E-state index in [9.17, 15) is 8.78 Å². The van der Waals surface area contributed by atoms with Gasteiger partial charge >= 0.3 is 0 Å². The number of halogens is 3. The molecular weight excluding hydrogens is 254 g/mol. The minimum absolute atomic E-state index is 0.0711. The Morgan fingerprint density at radius 3 is 2.75 bits per heavy atom. The highest BCUT2D eigenvalue weighted by Gasteiger charge is 2.07. The molecule has 6 heteroatoms. The maximum Gasteiger partial charge on any atom is 0.223 e. The van der Waals surface area contributed by atoms with E-state index < -0.39 is 11.6 Å². The third kappa shape index (κ3) is 2.68. The summed E-state index contributed by atoms with van der Waals surface area (Å²) in [5.41, 5.74) is 0. The zero-order valence-electron chi connectivity index (χ0n) is 7.82. The SMILES string of the molecule is Fc1ccc(F)c(Sc2ccnc(Cl)n2)c1. The summed E-state index contributed by atoms with van der Waals surface area (Å²) in [6.45, 7) is 0. The van der Waals surface area contributed by atoms with Crippen LogP contribution in [0, 0.1) is 11.6 Å². The summed E-state index contributed by atoms with van der Waals surface area (Å²) in [5, 5.41) is 0.534. The van der Waals surface area contributed by atoms with Gasteiger partial charge in [0.05, 0.1) is 4.90 Å². The molecule has 0 radical (unpaired) electrons. The first-order valence-corrected chi connectivity index (χ1v) is 5.46. The Balaban J connectivity index is 2.30. The third-order valence-corrected chi connectivity index (χ3v) is 2.86. The van der Waals surface area contributed by atoms with E-state index in [0.717, 1.165) is 30.0 Å². The average Bonchev–Trinajstić information content (AvgIpc) is 2.24. The van der Waals surface area contributed by atoms with Crippen LogP contribution < -0.4 is 0 Å². The van der Waals surface area contributed by atoms with Crippen LogP contribution in [-0.4, -0.2) is 9.97 Å². The summed E-state index contributed by atoms with van der Waals surface area (Å²) in [4.78, 5) is 7.72. The van der Waals surface area contributed by atoms with Crippen LogP contribution in [0.25, 0.3) is 0 Å². The summed E-state index contributed by atoms with van der Waals surface area (Å²) >= 11 is 6.57. The molecule has 82 valence electrons. The van der Waals surface area contributed by atoms with Gasteiger partial charge in [0.2, 0.25) is 5.28 Å². The minimum Gasteiger partial charge on any atom is -0.226 e. The van der Waals surface area contributed by atoms with Gasteiger partial charge in [0.25, 0.3) is 0 Å². The fraction of sp³-hybridized carbons (Fsp3) is 0. The molecule has 0 aliphatic heterocycles. The Morgan fingerprint density at radius 1 is 1.19 bits per heavy atom. The van der Waals surface area contributed by atoms with Crippen LogP contribution in [-0.2, 0) is 0 Å². The molecule has 16 heavy (non-hydrogen) atoms. The van der Waals surface area contributed by atoms with Crippen LogP contribution >= 0.6 is 23.4 Å². The zero-order valence-corrected chi connectivity index (χ0v) is 9.40. The molecule has 0 atom stereocenters. The zero-order chi connectivity index (χ0) is 11.5. The maximum atomic E-state index is 13.3. The van der Waals surface area contributed by atoms with E-state index in [2.05, 4.69) is 9.97 Å². The highest BCUT2D eigenvalue weighted by atomic mass is 35.5. The normalized spacial score (nSPS) is 10.4. The van der Waals surface area contributed by atoms with Gasteiger partial charge in [-0.25, -0.2) is 18.7 Å². The van der Waals surface area contributed by atoms with Crippen LogP contribution in [0.3, 0.4) is 0 Å². The van der Waals surface area contributed by atoms with Gasteiger partial charge in [0.1, 0.15) is 16.7 Å². The lowest BCUT2D eigenvalue weighted by atomic mass is 10.3. The molecular formula is C10H5ClF2N2S. The molecule has 0 N–H and O–H groups in total. The Hall–Kier alpha value is -1.20. The molecule has 0 aliphatic carbocycles. The number of benzene rings is 1. The summed E-state index contributed by atoms with van der Waals surface area (Å²) in [6.07, 6.45) is 1.45. The van der Waals surface area contributed by atoms with Gasteiger partial charge in [-0.1, -0.05) is 11.8 Å². The Morgan fingerprint density at radius 2 is 2.00 bits per heavy atom. The van der Waals surface area contributed by atoms with Crippen LogP contribution in [0.4, 0.5) is 8.78 Å². The Kier molecular flexibility index (Phi) is 3.36. The van der Waals surface area contributed by atoms with E-state index >= 15 is 0 Å². The Bertz CT molecular complexity index is 522. The van der Waals surface area contributed by atoms with Crippen molar-refractivity contribution in [2.75, 3.05) is 0 Å². The van der Waals surface area contributed by atoms with E-state index in [1.807, 2.05) is 0 Å². The lowest BCUT2D eigenvalue weighted by molar-refractivity contribution is 0.577. The molecule has 1 aromatic heterocycles. The van der Waals surface area contributed by atoms with Crippen molar-refractivity contribution in [1.29, 1.82) is 0 Å². The minimum atomic E-state index is -0.499. The fourth-order valence-corrected chi connectivity index (χ4v) is 2.07. The van der Waals surface area contributed by atoms with Crippen molar-refractivity contribution in [3.8, 4) is 0 Å². The number of nitrogens with zero attached hydrogens (tertiary/aromatic N) is 2. The molecule has 2 aromatic rings. The van der Waals surface area contributed by atoms with Crippen LogP contribution in [0.5, 0.6) is 0 Å². The predicted octanol–water partition coefficient (Wildman–Crippen LogP) is 3.56. The molecule has 0 unspecified atom stereocenters. The monoisotopic (exact) mass is 258 g/mol. The van der Waals surface area contributed by atoms with Crippen molar-refractivity contribution in [3.05, 3.63) is 47.4 Å².